The van der Waals surface area contributed by atoms with Crippen LogP contribution in [0.2, 0.25) is 5.15 Å². The first-order chi connectivity index (χ1) is 6.22. The number of nitrogens with two attached hydrogens (primary N) is 1. The van der Waals surface area contributed by atoms with Crippen LogP contribution in [0.25, 0.3) is 15.9 Å². The highest BCUT2D eigenvalue weighted by Gasteiger charge is 2.09. The standard InChI is InChI=1S/C7H3ClN4S/c1-10-4-2-3-6(9)13-12-7(3)11-5(4)8/h2H,9H2. The number of halogens is 1. The molecule has 0 radical (unpaired) electrons. The van der Waals surface area contributed by atoms with Crippen molar-refractivity contribution in [2.45, 2.75) is 0 Å². The van der Waals surface area contributed by atoms with Gasteiger partial charge in [0, 0.05) is 5.39 Å². The highest BCUT2D eigenvalue weighted by atomic mass is 35.5. The lowest BCUT2D eigenvalue weighted by Crippen LogP contribution is -1.81. The van der Waals surface area contributed by atoms with E-state index in [4.69, 9.17) is 23.9 Å². The average Bonchev–Trinajstić information content (AvgIpc) is 2.46. The maximum atomic E-state index is 6.83. The van der Waals surface area contributed by atoms with E-state index < -0.39 is 0 Å². The number of rotatable bonds is 0. The summed E-state index contributed by atoms with van der Waals surface area (Å²) in [6.07, 6.45) is 0. The van der Waals surface area contributed by atoms with Gasteiger partial charge < -0.3 is 5.73 Å². The van der Waals surface area contributed by atoms with Gasteiger partial charge in [-0.05, 0) is 17.6 Å². The molecular formula is C7H3ClN4S. The molecule has 2 rings (SSSR count). The molecule has 2 aromatic rings. The molecule has 6 heteroatoms. The van der Waals surface area contributed by atoms with E-state index in [0.717, 1.165) is 11.5 Å². The predicted octanol–water partition coefficient (Wildman–Crippen LogP) is 2.48. The summed E-state index contributed by atoms with van der Waals surface area (Å²) in [5.74, 6) is 0. The third kappa shape index (κ3) is 1.20. The molecule has 4 nitrogen and oxygen atoms in total. The third-order valence-corrected chi connectivity index (χ3v) is 2.51. The Bertz CT molecular complexity index is 513. The quantitative estimate of drug-likeness (QED) is 0.537. The SMILES string of the molecule is [C-]#[N+]c1cc2c(N)snc2nc1Cl. The summed E-state index contributed by atoms with van der Waals surface area (Å²) in [5.41, 5.74) is 6.43. The topological polar surface area (TPSA) is 56.2 Å². The minimum atomic E-state index is 0.174. The molecular weight excluding hydrogens is 208 g/mol. The summed E-state index contributed by atoms with van der Waals surface area (Å²) >= 11 is 6.86. The number of nitrogen functional groups attached to an aromatic ring is 1. The van der Waals surface area contributed by atoms with Crippen molar-refractivity contribution < 1.29 is 0 Å². The van der Waals surface area contributed by atoms with Gasteiger partial charge in [-0.1, -0.05) is 11.6 Å². The largest absolute Gasteiger partial charge is 0.389 e. The normalized spacial score (nSPS) is 10.2. The second kappa shape index (κ2) is 2.83. The zero-order valence-electron chi connectivity index (χ0n) is 6.28. The number of anilines is 1. The maximum absolute atomic E-state index is 6.83. The van der Waals surface area contributed by atoms with Crippen LogP contribution >= 0.6 is 23.1 Å². The van der Waals surface area contributed by atoms with Crippen molar-refractivity contribution in [1.29, 1.82) is 0 Å². The molecule has 0 aliphatic heterocycles. The van der Waals surface area contributed by atoms with Crippen molar-refractivity contribution in [1.82, 2.24) is 9.36 Å². The predicted molar refractivity (Wildman–Crippen MR) is 53.1 cm³/mol. The van der Waals surface area contributed by atoms with E-state index in [1.165, 1.54) is 0 Å². The molecule has 0 aromatic carbocycles. The first-order valence-corrected chi connectivity index (χ1v) is 4.46. The van der Waals surface area contributed by atoms with Crippen LogP contribution in [-0.4, -0.2) is 9.36 Å². The molecule has 0 bridgehead atoms. The monoisotopic (exact) mass is 210 g/mol. The molecule has 2 heterocycles. The molecule has 2 N–H and O–H groups in total. The molecule has 0 aliphatic carbocycles. The lowest BCUT2D eigenvalue weighted by molar-refractivity contribution is 1.38. The van der Waals surface area contributed by atoms with Gasteiger partial charge in [-0.2, -0.15) is 4.37 Å². The van der Waals surface area contributed by atoms with E-state index in [1.54, 1.807) is 6.07 Å². The minimum Gasteiger partial charge on any atom is -0.389 e. The van der Waals surface area contributed by atoms with E-state index in [9.17, 15) is 0 Å². The molecule has 0 spiro atoms. The number of hydrogen-bond donors (Lipinski definition) is 1. The van der Waals surface area contributed by atoms with Crippen LogP contribution in [0.4, 0.5) is 10.7 Å². The van der Waals surface area contributed by atoms with Gasteiger partial charge in [0.05, 0.1) is 6.57 Å². The van der Waals surface area contributed by atoms with Crippen LogP contribution in [0.1, 0.15) is 0 Å². The van der Waals surface area contributed by atoms with Gasteiger partial charge in [-0.15, -0.1) is 0 Å². The van der Waals surface area contributed by atoms with Crippen molar-refractivity contribution in [3.8, 4) is 0 Å². The fraction of sp³-hybridized carbons (Fsp3) is 0. The van der Waals surface area contributed by atoms with Crippen molar-refractivity contribution >= 4 is 44.9 Å². The van der Waals surface area contributed by atoms with Gasteiger partial charge in [0.15, 0.2) is 5.65 Å². The Morgan fingerprint density at radius 3 is 3.08 bits per heavy atom. The van der Waals surface area contributed by atoms with E-state index in [-0.39, 0.29) is 5.15 Å². The van der Waals surface area contributed by atoms with Crippen LogP contribution < -0.4 is 5.73 Å². The van der Waals surface area contributed by atoms with Gasteiger partial charge in [0.2, 0.25) is 5.69 Å². The summed E-state index contributed by atoms with van der Waals surface area (Å²) < 4.78 is 3.97. The van der Waals surface area contributed by atoms with Gasteiger partial charge in [-0.25, -0.2) is 9.83 Å². The van der Waals surface area contributed by atoms with Crippen molar-refractivity contribution in [3.05, 3.63) is 22.6 Å². The Morgan fingerprint density at radius 2 is 2.38 bits per heavy atom. The van der Waals surface area contributed by atoms with Gasteiger partial charge in [0.1, 0.15) is 10.2 Å². The highest BCUT2D eigenvalue weighted by Crippen LogP contribution is 2.31. The van der Waals surface area contributed by atoms with Crippen molar-refractivity contribution in [2.75, 3.05) is 5.73 Å². The van der Waals surface area contributed by atoms with E-state index in [2.05, 4.69) is 14.2 Å². The average molecular weight is 211 g/mol. The van der Waals surface area contributed by atoms with Crippen LogP contribution in [-0.2, 0) is 0 Å². The van der Waals surface area contributed by atoms with Crippen molar-refractivity contribution in [2.24, 2.45) is 0 Å². The molecule has 0 saturated carbocycles. The maximum Gasteiger partial charge on any atom is 0.224 e. The molecule has 64 valence electrons. The fourth-order valence-corrected chi connectivity index (χ4v) is 1.69. The van der Waals surface area contributed by atoms with Gasteiger partial charge >= 0.3 is 0 Å². The zero-order valence-corrected chi connectivity index (χ0v) is 7.85. The number of fused-ring (bicyclic) bond motifs is 1. The molecule has 0 aliphatic rings. The summed E-state index contributed by atoms with van der Waals surface area (Å²) in [6.45, 7) is 6.83. The first-order valence-electron chi connectivity index (χ1n) is 3.31. The molecule has 0 fully saturated rings. The first kappa shape index (κ1) is 8.23. The lowest BCUT2D eigenvalue weighted by atomic mass is 10.3. The van der Waals surface area contributed by atoms with Crippen LogP contribution in [0.15, 0.2) is 6.07 Å². The summed E-state index contributed by atoms with van der Waals surface area (Å²) in [4.78, 5) is 7.16. The Balaban J connectivity index is 2.86. The second-order valence-corrected chi connectivity index (χ2v) is 3.49. The molecule has 0 unspecified atom stereocenters. The van der Waals surface area contributed by atoms with Crippen LogP contribution in [0.5, 0.6) is 0 Å². The fourth-order valence-electron chi connectivity index (χ4n) is 0.942. The number of aromatic nitrogens is 2. The second-order valence-electron chi connectivity index (χ2n) is 2.33. The summed E-state index contributed by atoms with van der Waals surface area (Å²) in [6, 6.07) is 1.61. The number of nitrogens with zero attached hydrogens (tertiary/aromatic N) is 3. The minimum absolute atomic E-state index is 0.174. The third-order valence-electron chi connectivity index (χ3n) is 1.55. The Labute approximate surface area is 82.9 Å². The number of pyridine rings is 1. The number of hydrogen-bond acceptors (Lipinski definition) is 4. The molecule has 2 aromatic heterocycles. The van der Waals surface area contributed by atoms with Gasteiger partial charge in [-0.3, -0.25) is 0 Å². The molecule has 0 atom stereocenters. The van der Waals surface area contributed by atoms with E-state index in [1.807, 2.05) is 0 Å². The lowest BCUT2D eigenvalue weighted by Gasteiger charge is -1.93. The molecule has 13 heavy (non-hydrogen) atoms. The smallest absolute Gasteiger partial charge is 0.224 e. The van der Waals surface area contributed by atoms with Gasteiger partial charge in [0.25, 0.3) is 0 Å². The molecule has 0 amide bonds. The Hall–Kier alpha value is -1.38. The van der Waals surface area contributed by atoms with Crippen LogP contribution in [0.3, 0.4) is 0 Å². The Kier molecular flexibility index (Phi) is 1.79. The summed E-state index contributed by atoms with van der Waals surface area (Å²) in [5, 5.41) is 1.43. The van der Waals surface area contributed by atoms with E-state index >= 15 is 0 Å². The summed E-state index contributed by atoms with van der Waals surface area (Å²) in [7, 11) is 0. The zero-order chi connectivity index (χ0) is 9.42. The molecule has 0 saturated heterocycles. The highest BCUT2D eigenvalue weighted by molar-refractivity contribution is 7.11. The Morgan fingerprint density at radius 1 is 1.62 bits per heavy atom. The van der Waals surface area contributed by atoms with Crippen LogP contribution in [0, 0.1) is 6.57 Å². The van der Waals surface area contributed by atoms with E-state index in [0.29, 0.717) is 21.7 Å². The van der Waals surface area contributed by atoms with Crippen molar-refractivity contribution in [3.63, 3.8) is 0 Å².